The van der Waals surface area contributed by atoms with Crippen molar-refractivity contribution in [2.24, 2.45) is 0 Å². The number of hydrogen-bond donors (Lipinski definition) is 1. The molecule has 0 bridgehead atoms. The molecular weight excluding hydrogens is 406 g/mol. The molecular formula is C25H25N3O4. The summed E-state index contributed by atoms with van der Waals surface area (Å²) < 4.78 is 11.8. The molecule has 1 N–H and O–H groups in total. The summed E-state index contributed by atoms with van der Waals surface area (Å²) in [5.74, 6) is 0.584. The van der Waals surface area contributed by atoms with Crippen LogP contribution in [0.15, 0.2) is 66.7 Å². The predicted octanol–water partition coefficient (Wildman–Crippen LogP) is 4.46. The van der Waals surface area contributed by atoms with Crippen LogP contribution in [0.5, 0.6) is 11.5 Å². The van der Waals surface area contributed by atoms with Gasteiger partial charge in [-0.05, 0) is 53.9 Å². The Morgan fingerprint density at radius 2 is 1.56 bits per heavy atom. The van der Waals surface area contributed by atoms with Gasteiger partial charge in [-0.2, -0.15) is 0 Å². The van der Waals surface area contributed by atoms with E-state index < -0.39 is 5.97 Å². The summed E-state index contributed by atoms with van der Waals surface area (Å²) in [6.07, 6.45) is 1.61. The Morgan fingerprint density at radius 1 is 0.906 bits per heavy atom. The zero-order valence-electron chi connectivity index (χ0n) is 17.9. The van der Waals surface area contributed by atoms with Crippen LogP contribution in [0.2, 0.25) is 0 Å². The quantitative estimate of drug-likeness (QED) is 0.373. The number of carbonyl (C=O) groups is 1. The van der Waals surface area contributed by atoms with Crippen molar-refractivity contribution in [2.45, 2.75) is 26.2 Å². The molecule has 0 fully saturated rings. The molecule has 1 heterocycles. The molecule has 0 aliphatic heterocycles. The minimum absolute atomic E-state index is 0.00788. The topological polar surface area (TPSA) is 86.5 Å². The third-order valence-electron chi connectivity index (χ3n) is 5.03. The van der Waals surface area contributed by atoms with Gasteiger partial charge in [-0.15, -0.1) is 15.0 Å². The molecule has 4 rings (SSSR count). The summed E-state index contributed by atoms with van der Waals surface area (Å²) >= 11 is 0. The Hall–Kier alpha value is -3.87. The van der Waals surface area contributed by atoms with Gasteiger partial charge in [0.2, 0.25) is 0 Å². The van der Waals surface area contributed by atoms with Gasteiger partial charge in [0, 0.05) is 6.42 Å². The highest BCUT2D eigenvalue weighted by molar-refractivity contribution is 5.73. The number of carboxylic acid groups (broad SMARTS) is 1. The van der Waals surface area contributed by atoms with E-state index in [4.69, 9.17) is 14.6 Å². The van der Waals surface area contributed by atoms with E-state index in [9.17, 15) is 4.79 Å². The third kappa shape index (κ3) is 5.24. The molecule has 3 aromatic carbocycles. The number of carboxylic acids is 1. The van der Waals surface area contributed by atoms with Crippen LogP contribution < -0.4 is 9.47 Å². The molecule has 0 atom stereocenters. The first kappa shape index (κ1) is 21.4. The van der Waals surface area contributed by atoms with E-state index in [1.165, 1.54) is 5.56 Å². The summed E-state index contributed by atoms with van der Waals surface area (Å²) in [6.45, 7) is 3.08. The summed E-state index contributed by atoms with van der Waals surface area (Å²) in [4.78, 5) is 12.4. The summed E-state index contributed by atoms with van der Waals surface area (Å²) in [5.41, 5.74) is 4.42. The van der Waals surface area contributed by atoms with Gasteiger partial charge in [0.25, 0.3) is 0 Å². The largest absolute Gasteiger partial charge is 0.493 e. The maximum Gasteiger partial charge on any atom is 0.307 e. The number of rotatable bonds is 10. The van der Waals surface area contributed by atoms with Gasteiger partial charge in [-0.1, -0.05) is 37.3 Å². The minimum Gasteiger partial charge on any atom is -0.493 e. The Bertz CT molecular complexity index is 1170. The monoisotopic (exact) mass is 431 g/mol. The average Bonchev–Trinajstić information content (AvgIpc) is 3.24. The second-order valence-electron chi connectivity index (χ2n) is 7.40. The van der Waals surface area contributed by atoms with E-state index in [1.807, 2.05) is 30.3 Å². The van der Waals surface area contributed by atoms with E-state index in [0.717, 1.165) is 34.5 Å². The molecule has 0 aliphatic carbocycles. The van der Waals surface area contributed by atoms with Gasteiger partial charge < -0.3 is 14.6 Å². The first-order valence-corrected chi connectivity index (χ1v) is 10.6. The second-order valence-corrected chi connectivity index (χ2v) is 7.40. The first-order chi connectivity index (χ1) is 15.6. The Labute approximate surface area is 186 Å². The van der Waals surface area contributed by atoms with Crippen LogP contribution in [0.25, 0.3) is 16.7 Å². The van der Waals surface area contributed by atoms with Crippen LogP contribution in [-0.2, 0) is 17.6 Å². The van der Waals surface area contributed by atoms with Gasteiger partial charge in [0.05, 0.1) is 19.6 Å². The van der Waals surface area contributed by atoms with Crippen LogP contribution in [0.3, 0.4) is 0 Å². The van der Waals surface area contributed by atoms with E-state index in [-0.39, 0.29) is 6.42 Å². The van der Waals surface area contributed by atoms with Crippen molar-refractivity contribution in [3.8, 4) is 17.2 Å². The number of aryl methyl sites for hydroxylation is 1. The van der Waals surface area contributed by atoms with Gasteiger partial charge in [-0.25, -0.2) is 0 Å². The average molecular weight is 431 g/mol. The zero-order chi connectivity index (χ0) is 22.3. The van der Waals surface area contributed by atoms with Gasteiger partial charge in [0.1, 0.15) is 28.2 Å². The fourth-order valence-corrected chi connectivity index (χ4v) is 3.34. The van der Waals surface area contributed by atoms with Crippen molar-refractivity contribution >= 4 is 17.0 Å². The molecule has 0 saturated carbocycles. The molecule has 164 valence electrons. The number of ether oxygens (including phenoxy) is 2. The van der Waals surface area contributed by atoms with Gasteiger partial charge in [-0.3, -0.25) is 4.79 Å². The molecule has 0 aliphatic rings. The van der Waals surface area contributed by atoms with Crippen LogP contribution >= 0.6 is 0 Å². The highest BCUT2D eigenvalue weighted by Crippen LogP contribution is 2.25. The lowest BCUT2D eigenvalue weighted by molar-refractivity contribution is -0.136. The number of hydrogen-bond acceptors (Lipinski definition) is 5. The van der Waals surface area contributed by atoms with E-state index >= 15 is 0 Å². The van der Waals surface area contributed by atoms with Crippen molar-refractivity contribution in [3.63, 3.8) is 0 Å². The zero-order valence-corrected chi connectivity index (χ0v) is 17.9. The highest BCUT2D eigenvalue weighted by Gasteiger charge is 2.11. The fraction of sp³-hybridized carbons (Fsp3) is 0.240. The van der Waals surface area contributed by atoms with Crippen molar-refractivity contribution in [3.05, 3.63) is 77.9 Å². The van der Waals surface area contributed by atoms with Crippen molar-refractivity contribution in [1.82, 2.24) is 15.0 Å². The fourth-order valence-electron chi connectivity index (χ4n) is 3.34. The van der Waals surface area contributed by atoms with Crippen LogP contribution in [0, 0.1) is 0 Å². The molecule has 32 heavy (non-hydrogen) atoms. The molecule has 0 saturated heterocycles. The molecule has 7 nitrogen and oxygen atoms in total. The van der Waals surface area contributed by atoms with Crippen LogP contribution in [0.1, 0.15) is 24.5 Å². The molecule has 4 aromatic rings. The van der Waals surface area contributed by atoms with Gasteiger partial charge in [0.15, 0.2) is 0 Å². The molecule has 0 amide bonds. The van der Waals surface area contributed by atoms with E-state index in [1.54, 1.807) is 29.1 Å². The Balaban J connectivity index is 1.36. The van der Waals surface area contributed by atoms with Crippen molar-refractivity contribution in [2.75, 3.05) is 13.2 Å². The van der Waals surface area contributed by atoms with Crippen LogP contribution in [0.4, 0.5) is 0 Å². The number of fused-ring (bicyclic) bond motifs is 1. The molecule has 7 heteroatoms. The first-order valence-electron chi connectivity index (χ1n) is 10.6. The van der Waals surface area contributed by atoms with Crippen LogP contribution in [-0.4, -0.2) is 39.3 Å². The number of benzene rings is 3. The normalized spacial score (nSPS) is 10.9. The van der Waals surface area contributed by atoms with Crippen molar-refractivity contribution in [1.29, 1.82) is 0 Å². The van der Waals surface area contributed by atoms with E-state index in [2.05, 4.69) is 29.3 Å². The predicted molar refractivity (Wildman–Crippen MR) is 122 cm³/mol. The Kier molecular flexibility index (Phi) is 6.65. The molecule has 0 spiro atoms. The van der Waals surface area contributed by atoms with Gasteiger partial charge >= 0.3 is 5.97 Å². The summed E-state index contributed by atoms with van der Waals surface area (Å²) in [6, 6.07) is 20.9. The number of aromatic nitrogens is 3. The third-order valence-corrected chi connectivity index (χ3v) is 5.03. The SMILES string of the molecule is CCc1ccc(OCCCOc2ccc(CC(=O)O)cc2)c(-n2nc3ccccc3n2)c1. The maximum absolute atomic E-state index is 10.8. The summed E-state index contributed by atoms with van der Waals surface area (Å²) in [7, 11) is 0. The Morgan fingerprint density at radius 3 is 2.22 bits per heavy atom. The summed E-state index contributed by atoms with van der Waals surface area (Å²) in [5, 5.41) is 18.0. The number of nitrogens with zero attached hydrogens (tertiary/aromatic N) is 3. The smallest absolute Gasteiger partial charge is 0.307 e. The second kappa shape index (κ2) is 9.96. The molecule has 1 aromatic heterocycles. The minimum atomic E-state index is -0.847. The van der Waals surface area contributed by atoms with E-state index in [0.29, 0.717) is 25.4 Å². The van der Waals surface area contributed by atoms with Crippen molar-refractivity contribution < 1.29 is 19.4 Å². The molecule has 0 unspecified atom stereocenters. The lowest BCUT2D eigenvalue weighted by Crippen LogP contribution is -2.08. The molecule has 0 radical (unpaired) electrons. The highest BCUT2D eigenvalue weighted by atomic mass is 16.5. The lowest BCUT2D eigenvalue weighted by Gasteiger charge is -2.12. The standard InChI is InChI=1S/C25H25N3O4/c1-2-18-10-13-24(23(16-18)28-26-21-6-3-4-7-22(21)27-28)32-15-5-14-31-20-11-8-19(9-12-20)17-25(29)30/h3-4,6-13,16H,2,5,14-15,17H2,1H3,(H,29,30). The lowest BCUT2D eigenvalue weighted by atomic mass is 10.1. The maximum atomic E-state index is 10.8. The number of aliphatic carboxylic acids is 1.